The van der Waals surface area contributed by atoms with Crippen LogP contribution in [0, 0.1) is 5.41 Å². The molecular formula is C13H27N3O. The van der Waals surface area contributed by atoms with Crippen molar-refractivity contribution >= 4 is 5.96 Å². The van der Waals surface area contributed by atoms with Crippen molar-refractivity contribution in [2.24, 2.45) is 10.4 Å². The van der Waals surface area contributed by atoms with Crippen LogP contribution < -0.4 is 0 Å². The number of methoxy groups -OCH3 is 1. The summed E-state index contributed by atoms with van der Waals surface area (Å²) in [6, 6.07) is 0. The summed E-state index contributed by atoms with van der Waals surface area (Å²) in [5.74, 6) is 1.04. The number of guanidine groups is 1. The molecule has 17 heavy (non-hydrogen) atoms. The fourth-order valence-electron chi connectivity index (χ4n) is 2.53. The van der Waals surface area contributed by atoms with E-state index < -0.39 is 0 Å². The van der Waals surface area contributed by atoms with E-state index in [1.807, 2.05) is 28.2 Å². The molecule has 1 aliphatic carbocycles. The first-order valence-electron chi connectivity index (χ1n) is 6.39. The minimum atomic E-state index is 0.419. The second kappa shape index (κ2) is 6.24. The van der Waals surface area contributed by atoms with Gasteiger partial charge in [-0.3, -0.25) is 4.99 Å². The summed E-state index contributed by atoms with van der Waals surface area (Å²) in [6.45, 7) is 1.79. The highest BCUT2D eigenvalue weighted by molar-refractivity contribution is 5.79. The minimum Gasteiger partial charge on any atom is -0.384 e. The molecule has 0 spiro atoms. The Labute approximate surface area is 106 Å². The molecule has 100 valence electrons. The Bertz CT molecular complexity index is 247. The molecule has 1 aliphatic rings. The molecule has 0 bridgehead atoms. The average molecular weight is 241 g/mol. The van der Waals surface area contributed by atoms with E-state index in [1.54, 1.807) is 7.11 Å². The molecule has 1 saturated carbocycles. The Balaban J connectivity index is 2.46. The Hall–Kier alpha value is -0.770. The summed E-state index contributed by atoms with van der Waals surface area (Å²) in [7, 11) is 9.94. The predicted molar refractivity (Wildman–Crippen MR) is 72.5 cm³/mol. The van der Waals surface area contributed by atoms with E-state index in [0.29, 0.717) is 5.41 Å². The molecule has 4 nitrogen and oxygen atoms in total. The van der Waals surface area contributed by atoms with Crippen LogP contribution in [-0.2, 0) is 4.74 Å². The molecular weight excluding hydrogens is 214 g/mol. The maximum atomic E-state index is 5.33. The summed E-state index contributed by atoms with van der Waals surface area (Å²) >= 11 is 0. The third kappa shape index (κ3) is 3.87. The molecule has 1 rings (SSSR count). The quantitative estimate of drug-likeness (QED) is 0.541. The maximum Gasteiger partial charge on any atom is 0.195 e. The lowest BCUT2D eigenvalue weighted by molar-refractivity contribution is 0.0125. The fraction of sp³-hybridized carbons (Fsp3) is 0.923. The summed E-state index contributed by atoms with van der Waals surface area (Å²) in [6.07, 6.45) is 5.10. The molecule has 0 amide bonds. The van der Waals surface area contributed by atoms with E-state index >= 15 is 0 Å². The van der Waals surface area contributed by atoms with Gasteiger partial charge in [0.1, 0.15) is 0 Å². The highest BCUT2D eigenvalue weighted by atomic mass is 16.5. The SMILES string of the molecule is COCC1(CCN=C(N(C)C)N(C)C)CCC1. The first-order chi connectivity index (χ1) is 8.01. The molecule has 0 aliphatic heterocycles. The lowest BCUT2D eigenvalue weighted by atomic mass is 9.67. The lowest BCUT2D eigenvalue weighted by Gasteiger charge is -2.41. The van der Waals surface area contributed by atoms with Crippen LogP contribution in [-0.4, -0.2) is 64.2 Å². The van der Waals surface area contributed by atoms with Crippen LogP contribution in [0.15, 0.2) is 4.99 Å². The molecule has 0 saturated heterocycles. The van der Waals surface area contributed by atoms with Crippen LogP contribution in [0.1, 0.15) is 25.7 Å². The van der Waals surface area contributed by atoms with Crippen molar-refractivity contribution < 1.29 is 4.74 Å². The zero-order valence-electron chi connectivity index (χ0n) is 12.0. The summed E-state index contributed by atoms with van der Waals surface area (Å²) in [5.41, 5.74) is 0.419. The van der Waals surface area contributed by atoms with Crippen molar-refractivity contribution in [1.29, 1.82) is 0 Å². The van der Waals surface area contributed by atoms with Crippen LogP contribution in [0.3, 0.4) is 0 Å². The van der Waals surface area contributed by atoms with Crippen molar-refractivity contribution in [2.45, 2.75) is 25.7 Å². The number of hydrogen-bond donors (Lipinski definition) is 0. The molecule has 0 radical (unpaired) electrons. The van der Waals surface area contributed by atoms with Crippen LogP contribution in [0.25, 0.3) is 0 Å². The van der Waals surface area contributed by atoms with Gasteiger partial charge < -0.3 is 14.5 Å². The zero-order chi connectivity index (χ0) is 12.9. The zero-order valence-corrected chi connectivity index (χ0v) is 12.0. The van der Waals surface area contributed by atoms with E-state index in [0.717, 1.165) is 25.5 Å². The van der Waals surface area contributed by atoms with E-state index in [9.17, 15) is 0 Å². The molecule has 0 aromatic heterocycles. The molecule has 0 unspecified atom stereocenters. The van der Waals surface area contributed by atoms with Crippen molar-refractivity contribution in [3.8, 4) is 0 Å². The third-order valence-corrected chi connectivity index (χ3v) is 3.56. The van der Waals surface area contributed by atoms with Gasteiger partial charge >= 0.3 is 0 Å². The Kier molecular flexibility index (Phi) is 5.25. The van der Waals surface area contributed by atoms with Gasteiger partial charge in [-0.15, -0.1) is 0 Å². The highest BCUT2D eigenvalue weighted by Crippen LogP contribution is 2.43. The van der Waals surface area contributed by atoms with Gasteiger partial charge in [-0.25, -0.2) is 0 Å². The average Bonchev–Trinajstić information content (AvgIpc) is 2.19. The van der Waals surface area contributed by atoms with Gasteiger partial charge in [0.2, 0.25) is 0 Å². The predicted octanol–water partition coefficient (Wildman–Crippen LogP) is 1.67. The lowest BCUT2D eigenvalue weighted by Crippen LogP contribution is -2.37. The highest BCUT2D eigenvalue weighted by Gasteiger charge is 2.36. The summed E-state index contributed by atoms with van der Waals surface area (Å²) < 4.78 is 5.33. The van der Waals surface area contributed by atoms with Crippen LogP contribution >= 0.6 is 0 Å². The number of aliphatic imine (C=N–C) groups is 1. The smallest absolute Gasteiger partial charge is 0.195 e. The number of ether oxygens (including phenoxy) is 1. The van der Waals surface area contributed by atoms with Crippen molar-refractivity contribution in [3.63, 3.8) is 0 Å². The molecule has 0 atom stereocenters. The number of nitrogens with zero attached hydrogens (tertiary/aromatic N) is 3. The molecule has 0 N–H and O–H groups in total. The number of hydrogen-bond acceptors (Lipinski definition) is 2. The number of rotatable bonds is 5. The Morgan fingerprint density at radius 1 is 1.18 bits per heavy atom. The topological polar surface area (TPSA) is 28.1 Å². The van der Waals surface area contributed by atoms with Gasteiger partial charge in [0.25, 0.3) is 0 Å². The van der Waals surface area contributed by atoms with Gasteiger partial charge in [0.15, 0.2) is 5.96 Å². The van der Waals surface area contributed by atoms with Gasteiger partial charge in [0.05, 0.1) is 6.61 Å². The Morgan fingerprint density at radius 3 is 2.12 bits per heavy atom. The molecule has 0 heterocycles. The first-order valence-corrected chi connectivity index (χ1v) is 6.39. The van der Waals surface area contributed by atoms with Crippen molar-refractivity contribution in [3.05, 3.63) is 0 Å². The van der Waals surface area contributed by atoms with Crippen LogP contribution in [0.2, 0.25) is 0 Å². The van der Waals surface area contributed by atoms with Gasteiger partial charge in [-0.2, -0.15) is 0 Å². The normalized spacial score (nSPS) is 17.2. The first kappa shape index (κ1) is 14.3. The summed E-state index contributed by atoms with van der Waals surface area (Å²) in [5, 5.41) is 0. The van der Waals surface area contributed by atoms with Gasteiger partial charge in [-0.05, 0) is 24.7 Å². The molecule has 0 aromatic rings. The van der Waals surface area contributed by atoms with Crippen molar-refractivity contribution in [1.82, 2.24) is 9.80 Å². The van der Waals surface area contributed by atoms with Gasteiger partial charge in [-0.1, -0.05) is 6.42 Å². The largest absolute Gasteiger partial charge is 0.384 e. The van der Waals surface area contributed by atoms with E-state index in [2.05, 4.69) is 14.8 Å². The minimum absolute atomic E-state index is 0.419. The fourth-order valence-corrected chi connectivity index (χ4v) is 2.53. The maximum absolute atomic E-state index is 5.33. The molecule has 1 fully saturated rings. The van der Waals surface area contributed by atoms with Crippen molar-refractivity contribution in [2.75, 3.05) is 48.5 Å². The van der Waals surface area contributed by atoms with Crippen LogP contribution in [0.4, 0.5) is 0 Å². The summed E-state index contributed by atoms with van der Waals surface area (Å²) in [4.78, 5) is 8.80. The Morgan fingerprint density at radius 2 is 1.76 bits per heavy atom. The van der Waals surface area contributed by atoms with Gasteiger partial charge in [0, 0.05) is 41.8 Å². The third-order valence-electron chi connectivity index (χ3n) is 3.56. The van der Waals surface area contributed by atoms with E-state index in [4.69, 9.17) is 4.74 Å². The monoisotopic (exact) mass is 241 g/mol. The standard InChI is InChI=1S/C13H27N3O/c1-15(2)12(16(3)4)14-10-9-13(11-17-5)7-6-8-13/h6-11H2,1-5H3. The second-order valence-corrected chi connectivity index (χ2v) is 5.51. The second-order valence-electron chi connectivity index (χ2n) is 5.51. The molecule has 4 heteroatoms. The van der Waals surface area contributed by atoms with Crippen LogP contribution in [0.5, 0.6) is 0 Å². The van der Waals surface area contributed by atoms with E-state index in [1.165, 1.54) is 19.3 Å². The van der Waals surface area contributed by atoms with E-state index in [-0.39, 0.29) is 0 Å². The molecule has 0 aromatic carbocycles.